The zero-order chi connectivity index (χ0) is 24.2. The van der Waals surface area contributed by atoms with Gasteiger partial charge in [-0.3, -0.25) is 0 Å². The van der Waals surface area contributed by atoms with Gasteiger partial charge in [-0.05, 0) is 54.4 Å². The van der Waals surface area contributed by atoms with Gasteiger partial charge in [0.15, 0.2) is 23.0 Å². The summed E-state index contributed by atoms with van der Waals surface area (Å²) in [5, 5.41) is 5.50. The van der Waals surface area contributed by atoms with Gasteiger partial charge in [-0.25, -0.2) is 4.68 Å². The molecule has 0 saturated carbocycles. The Morgan fingerprint density at radius 3 is 1.88 bits per heavy atom. The third kappa shape index (κ3) is 4.17. The first-order valence-corrected chi connectivity index (χ1v) is 11.3. The second kappa shape index (κ2) is 10.1. The number of aryl methyl sites for hydroxylation is 1. The zero-order valence-corrected chi connectivity index (χ0v) is 20.6. The molecule has 0 spiro atoms. The summed E-state index contributed by atoms with van der Waals surface area (Å²) in [5.74, 6) is 2.49. The number of hydrogen-bond donors (Lipinski definition) is 0. The van der Waals surface area contributed by atoms with Gasteiger partial charge in [0.05, 0.1) is 44.8 Å². The van der Waals surface area contributed by atoms with Crippen LogP contribution in [-0.4, -0.2) is 38.2 Å². The number of nitrogens with zero attached hydrogens (tertiary/aromatic N) is 2. The van der Waals surface area contributed by atoms with Crippen LogP contribution < -0.4 is 18.9 Å². The fourth-order valence-corrected chi connectivity index (χ4v) is 4.33. The van der Waals surface area contributed by atoms with E-state index in [1.54, 1.807) is 28.4 Å². The van der Waals surface area contributed by atoms with E-state index in [4.69, 9.17) is 35.6 Å². The summed E-state index contributed by atoms with van der Waals surface area (Å²) < 4.78 is 23.8. The van der Waals surface area contributed by atoms with Gasteiger partial charge >= 0.3 is 0 Å². The number of hydrogen-bond acceptors (Lipinski definition) is 5. The van der Waals surface area contributed by atoms with Crippen molar-refractivity contribution in [3.63, 3.8) is 0 Å². The molecular formula is C27H27ClN2O4. The van der Waals surface area contributed by atoms with Crippen LogP contribution in [0, 0.1) is 0 Å². The van der Waals surface area contributed by atoms with E-state index in [1.165, 1.54) is 0 Å². The fraction of sp³-hybridized carbons (Fsp3) is 0.222. The van der Waals surface area contributed by atoms with Crippen LogP contribution in [0.15, 0.2) is 60.7 Å². The minimum atomic E-state index is 0.519. The molecule has 0 atom stereocenters. The molecule has 4 rings (SSSR count). The predicted octanol–water partition coefficient (Wildman–Crippen LogP) is 6.46. The Bertz CT molecular complexity index is 1320. The van der Waals surface area contributed by atoms with Gasteiger partial charge in [0.25, 0.3) is 0 Å². The van der Waals surface area contributed by atoms with E-state index in [1.807, 2.05) is 59.3 Å². The molecule has 6 nitrogen and oxygen atoms in total. The Balaban J connectivity index is 2.00. The molecule has 0 unspecified atom stereocenters. The van der Waals surface area contributed by atoms with Crippen molar-refractivity contribution in [2.75, 3.05) is 28.4 Å². The van der Waals surface area contributed by atoms with Crippen LogP contribution in [0.25, 0.3) is 28.2 Å². The van der Waals surface area contributed by atoms with E-state index in [0.717, 1.165) is 34.5 Å². The number of benzene rings is 3. The molecule has 34 heavy (non-hydrogen) atoms. The van der Waals surface area contributed by atoms with Crippen molar-refractivity contribution in [1.82, 2.24) is 9.78 Å². The summed E-state index contributed by atoms with van der Waals surface area (Å²) in [4.78, 5) is 0. The second-order valence-electron chi connectivity index (χ2n) is 7.54. The van der Waals surface area contributed by atoms with Crippen molar-refractivity contribution < 1.29 is 18.9 Å². The van der Waals surface area contributed by atoms with Crippen LogP contribution in [0.4, 0.5) is 0 Å². The Kier molecular flexibility index (Phi) is 6.98. The molecule has 0 saturated heterocycles. The highest BCUT2D eigenvalue weighted by Crippen LogP contribution is 2.42. The van der Waals surface area contributed by atoms with Crippen molar-refractivity contribution in [2.45, 2.75) is 13.3 Å². The molecular weight excluding hydrogens is 452 g/mol. The fourth-order valence-electron chi connectivity index (χ4n) is 3.99. The summed E-state index contributed by atoms with van der Waals surface area (Å²) in [6.45, 7) is 2.12. The van der Waals surface area contributed by atoms with Gasteiger partial charge in [0, 0.05) is 11.1 Å². The highest BCUT2D eigenvalue weighted by molar-refractivity contribution is 6.35. The van der Waals surface area contributed by atoms with E-state index in [0.29, 0.717) is 33.7 Å². The summed E-state index contributed by atoms with van der Waals surface area (Å²) in [7, 11) is 6.44. The quantitative estimate of drug-likeness (QED) is 0.291. The lowest BCUT2D eigenvalue weighted by Gasteiger charge is -2.14. The monoisotopic (exact) mass is 478 g/mol. The van der Waals surface area contributed by atoms with Crippen LogP contribution in [0.3, 0.4) is 0 Å². The molecule has 0 aliphatic rings. The largest absolute Gasteiger partial charge is 0.493 e. The molecule has 7 heteroatoms. The molecule has 0 radical (unpaired) electrons. The van der Waals surface area contributed by atoms with Crippen LogP contribution in [0.5, 0.6) is 23.0 Å². The van der Waals surface area contributed by atoms with Crippen molar-refractivity contribution in [2.24, 2.45) is 0 Å². The number of para-hydroxylation sites is 1. The van der Waals surface area contributed by atoms with E-state index < -0.39 is 0 Å². The lowest BCUT2D eigenvalue weighted by Crippen LogP contribution is -2.03. The summed E-state index contributed by atoms with van der Waals surface area (Å²) in [6.07, 6.45) is 0.852. The lowest BCUT2D eigenvalue weighted by molar-refractivity contribution is 0.355. The van der Waals surface area contributed by atoms with Crippen molar-refractivity contribution >= 4 is 11.6 Å². The van der Waals surface area contributed by atoms with Crippen molar-refractivity contribution in [3.8, 4) is 51.2 Å². The average Bonchev–Trinajstić information content (AvgIpc) is 3.24. The summed E-state index contributed by atoms with van der Waals surface area (Å²) >= 11 is 7.05. The maximum atomic E-state index is 7.05. The maximum absolute atomic E-state index is 7.05. The third-order valence-corrected chi connectivity index (χ3v) is 6.10. The van der Waals surface area contributed by atoms with E-state index >= 15 is 0 Å². The predicted molar refractivity (Wildman–Crippen MR) is 135 cm³/mol. The molecule has 3 aromatic carbocycles. The van der Waals surface area contributed by atoms with E-state index in [9.17, 15) is 0 Å². The van der Waals surface area contributed by atoms with Gasteiger partial charge in [-0.1, -0.05) is 36.7 Å². The molecule has 0 aliphatic heterocycles. The first kappa shape index (κ1) is 23.5. The van der Waals surface area contributed by atoms with Gasteiger partial charge in [-0.2, -0.15) is 5.10 Å². The minimum Gasteiger partial charge on any atom is -0.493 e. The molecule has 0 N–H and O–H groups in total. The maximum Gasteiger partial charge on any atom is 0.161 e. The summed E-state index contributed by atoms with van der Waals surface area (Å²) in [5.41, 5.74) is 5.18. The molecule has 1 aromatic heterocycles. The summed E-state index contributed by atoms with van der Waals surface area (Å²) in [6, 6.07) is 19.5. The second-order valence-corrected chi connectivity index (χ2v) is 7.92. The third-order valence-electron chi connectivity index (χ3n) is 5.74. The molecule has 176 valence electrons. The number of halogens is 1. The zero-order valence-electron chi connectivity index (χ0n) is 19.9. The van der Waals surface area contributed by atoms with Gasteiger partial charge < -0.3 is 18.9 Å². The van der Waals surface area contributed by atoms with Crippen LogP contribution >= 0.6 is 11.6 Å². The Labute approximate surface area is 204 Å². The van der Waals surface area contributed by atoms with Crippen molar-refractivity contribution in [1.29, 1.82) is 0 Å². The number of aromatic nitrogens is 2. The molecule has 4 aromatic rings. The van der Waals surface area contributed by atoms with Crippen LogP contribution in [0.1, 0.15) is 12.5 Å². The highest BCUT2D eigenvalue weighted by atomic mass is 35.5. The molecule has 0 bridgehead atoms. The Morgan fingerprint density at radius 1 is 0.735 bits per heavy atom. The SMILES string of the molecule is CCc1ccccc1-n1nc(-c2ccc(OC)c(OC)c2)c(Cl)c1-c1ccc(OC)c(OC)c1. The molecule has 1 heterocycles. The smallest absolute Gasteiger partial charge is 0.161 e. The number of methoxy groups -OCH3 is 4. The Hall–Kier alpha value is -3.64. The van der Waals surface area contributed by atoms with Crippen LogP contribution in [-0.2, 0) is 6.42 Å². The van der Waals surface area contributed by atoms with E-state index in [-0.39, 0.29) is 0 Å². The average molecular weight is 479 g/mol. The first-order chi connectivity index (χ1) is 16.6. The standard InChI is InChI=1S/C27H27ClN2O4/c1-6-17-9-7-8-10-20(17)30-27(19-12-14-22(32-3)24(16-19)34-5)25(28)26(29-30)18-11-13-21(31-2)23(15-18)33-4/h7-16H,6H2,1-5H3. The molecule has 0 amide bonds. The number of rotatable bonds is 8. The molecule has 0 aliphatic carbocycles. The van der Waals surface area contributed by atoms with E-state index in [2.05, 4.69) is 13.0 Å². The topological polar surface area (TPSA) is 54.7 Å². The first-order valence-electron chi connectivity index (χ1n) is 10.9. The number of ether oxygens (including phenoxy) is 4. The van der Waals surface area contributed by atoms with Gasteiger partial charge in [0.2, 0.25) is 0 Å². The van der Waals surface area contributed by atoms with Gasteiger partial charge in [0.1, 0.15) is 5.69 Å². The minimum absolute atomic E-state index is 0.519. The highest BCUT2D eigenvalue weighted by Gasteiger charge is 2.23. The Morgan fingerprint density at radius 2 is 1.29 bits per heavy atom. The molecule has 0 fully saturated rings. The van der Waals surface area contributed by atoms with Crippen molar-refractivity contribution in [3.05, 3.63) is 71.2 Å². The van der Waals surface area contributed by atoms with Crippen LogP contribution in [0.2, 0.25) is 5.02 Å². The van der Waals surface area contributed by atoms with Gasteiger partial charge in [-0.15, -0.1) is 0 Å². The lowest BCUT2D eigenvalue weighted by atomic mass is 10.1. The normalized spacial score (nSPS) is 10.8.